The van der Waals surface area contributed by atoms with Crippen LogP contribution in [0.1, 0.15) is 194 Å². The Kier molecular flexibility index (Phi) is 43.1. The zero-order valence-electron chi connectivity index (χ0n) is 39.0. The zero-order chi connectivity index (χ0) is 45.1. The minimum atomic E-state index is -4.06. The maximum atomic E-state index is 11.7. The van der Waals surface area contributed by atoms with Crippen molar-refractivity contribution in [3.8, 4) is 6.07 Å². The largest absolute Gasteiger partial charge is 0.393 e. The average Bonchev–Trinajstić information content (AvgIpc) is 2.66. The molecule has 0 atom stereocenters. The van der Waals surface area contributed by atoms with E-state index in [1.165, 1.54) is 20.8 Å². The molecule has 0 saturated heterocycles. The van der Waals surface area contributed by atoms with Crippen LogP contribution in [0.15, 0.2) is 0 Å². The van der Waals surface area contributed by atoms with Gasteiger partial charge in [-0.25, -0.2) is 4.39 Å². The number of rotatable bonds is 0. The Balaban J connectivity index is -0.0000000560. The first-order chi connectivity index (χ1) is 21.0. The fraction of sp³-hybridized carbons (Fsp3) is 0.975. The van der Waals surface area contributed by atoms with Gasteiger partial charge in [0.15, 0.2) is 0 Å². The molecular formula is C40H88BrClF4N2O3. The van der Waals surface area contributed by atoms with Crippen molar-refractivity contribution in [2.24, 2.45) is 22.2 Å². The molecule has 0 rings (SSSR count). The molecule has 0 radical (unpaired) electrons. The number of hydrogen-bond acceptors (Lipinski definition) is 4. The summed E-state index contributed by atoms with van der Waals surface area (Å²) in [4.78, 5) is 9.49. The number of nitriles is 1. The van der Waals surface area contributed by atoms with Gasteiger partial charge in [0.2, 0.25) is 5.54 Å². The van der Waals surface area contributed by atoms with Crippen molar-refractivity contribution in [3.63, 3.8) is 0 Å². The maximum Gasteiger partial charge on any atom is 0.393 e. The van der Waals surface area contributed by atoms with E-state index in [0.717, 1.165) is 26.7 Å². The number of hydrogen-bond donors (Lipinski definition) is 0. The van der Waals surface area contributed by atoms with Crippen LogP contribution in [0.4, 0.5) is 17.6 Å². The van der Waals surface area contributed by atoms with E-state index in [-0.39, 0.29) is 20.8 Å². The van der Waals surface area contributed by atoms with E-state index in [9.17, 15) is 27.7 Å². The van der Waals surface area contributed by atoms with Gasteiger partial charge in [-0.1, -0.05) is 106 Å². The highest BCUT2D eigenvalue weighted by atomic mass is 79.9. The van der Waals surface area contributed by atoms with Gasteiger partial charge >= 0.3 is 6.18 Å². The first-order valence-corrected chi connectivity index (χ1v) is 18.5. The molecule has 0 aromatic heterocycles. The van der Waals surface area contributed by atoms with Crippen LogP contribution in [-0.4, -0.2) is 44.2 Å². The number of alkyl halides is 6. The van der Waals surface area contributed by atoms with Crippen LogP contribution < -0.4 is 0 Å². The molecule has 51 heavy (non-hydrogen) atoms. The molecule has 0 unspecified atom stereocenters. The Morgan fingerprint density at radius 1 is 0.667 bits per heavy atom. The second-order valence-electron chi connectivity index (χ2n) is 20.8. The molecular weight excluding hydrogens is 748 g/mol. The van der Waals surface area contributed by atoms with Crippen LogP contribution >= 0.6 is 27.5 Å². The third kappa shape index (κ3) is 267. The molecule has 0 saturated carbocycles. The Morgan fingerprint density at radius 2 is 0.745 bits per heavy atom. The summed E-state index contributed by atoms with van der Waals surface area (Å²) in [5.74, 6) is 0.833. The van der Waals surface area contributed by atoms with Gasteiger partial charge in [0.05, 0.1) is 17.1 Å². The lowest BCUT2D eigenvalue weighted by atomic mass is 9.96. The second-order valence-corrected chi connectivity index (χ2v) is 24.3. The van der Waals surface area contributed by atoms with E-state index >= 15 is 0 Å². The highest BCUT2D eigenvalue weighted by molar-refractivity contribution is 9.10. The van der Waals surface area contributed by atoms with Gasteiger partial charge in [-0.05, 0) is 94.4 Å². The lowest BCUT2D eigenvalue weighted by molar-refractivity contribution is -0.555. The van der Waals surface area contributed by atoms with E-state index in [1.54, 1.807) is 27.9 Å². The number of nitro groups is 1. The van der Waals surface area contributed by atoms with Crippen molar-refractivity contribution < 1.29 is 27.2 Å². The third-order valence-corrected chi connectivity index (χ3v) is 2.35. The fourth-order valence-electron chi connectivity index (χ4n) is 0. The molecule has 318 valence electrons. The smallest absolute Gasteiger partial charge is 0.379 e. The second kappa shape index (κ2) is 30.6. The van der Waals surface area contributed by atoms with E-state index in [2.05, 4.69) is 91.2 Å². The summed E-state index contributed by atoms with van der Waals surface area (Å²) in [6.07, 6.45) is -4.06. The summed E-state index contributed by atoms with van der Waals surface area (Å²) >= 11 is 8.91. The normalized spacial score (nSPS) is 11.8. The molecule has 0 spiro atoms. The van der Waals surface area contributed by atoms with E-state index in [1.807, 2.05) is 62.3 Å². The standard InChI is InChI=1S/C5H9F3.C5H9N.C5H12O.C5H12.C4H9Br.C4H9Cl.C4H9F.C4H9NO2.C4H10/c1-4(2,3)5(6,7)8;1-5(2,3)4-6;1-5(2,3)6-4;1-5(2,3)4;3*1-4(2,3)5;1-4(2,3)5(6)7;1-4(2)3/h1-3H3;1-3H3;1-4H3;1-4H3;3*1-3H3;1-3H3;4H,1-3H3. The van der Waals surface area contributed by atoms with Crippen molar-refractivity contribution in [2.75, 3.05) is 7.11 Å². The van der Waals surface area contributed by atoms with Gasteiger partial charge in [0.1, 0.15) is 5.67 Å². The molecule has 0 heterocycles. The van der Waals surface area contributed by atoms with Gasteiger partial charge in [-0.2, -0.15) is 18.4 Å². The predicted molar refractivity (Wildman–Crippen MR) is 225 cm³/mol. The summed E-state index contributed by atoms with van der Waals surface area (Å²) in [6, 6.07) is 2.10. The number of ether oxygens (including phenoxy) is 1. The van der Waals surface area contributed by atoms with Crippen molar-refractivity contribution >= 4 is 27.5 Å². The minimum Gasteiger partial charge on any atom is -0.379 e. The summed E-state index contributed by atoms with van der Waals surface area (Å²) < 4.78 is 51.6. The number of nitrogens with zero attached hydrogens (tertiary/aromatic N) is 2. The SMILES string of the molecule is CC(C)(C)Br.CC(C)(C)C.CC(C)(C)C#N.CC(C)(C)C(F)(F)F.CC(C)(C)Cl.CC(C)(C)F.CC(C)(C)[N+](=O)[O-].CC(C)C.COC(C)(C)C. The molecule has 0 fully saturated rings. The molecule has 5 nitrogen and oxygen atoms in total. The molecule has 0 aromatic carbocycles. The first-order valence-electron chi connectivity index (χ1n) is 17.3. The average molecular weight is 837 g/mol. The van der Waals surface area contributed by atoms with Crippen LogP contribution in [0.3, 0.4) is 0 Å². The maximum absolute atomic E-state index is 11.7. The molecule has 0 aromatic rings. The Bertz CT molecular complexity index is 732. The lowest BCUT2D eigenvalue weighted by Crippen LogP contribution is -2.28. The number of halogens is 6. The van der Waals surface area contributed by atoms with Crippen molar-refractivity contribution in [2.45, 2.75) is 226 Å². The van der Waals surface area contributed by atoms with Gasteiger partial charge in [0.25, 0.3) is 0 Å². The van der Waals surface area contributed by atoms with Crippen molar-refractivity contribution in [1.29, 1.82) is 5.26 Å². The van der Waals surface area contributed by atoms with Crippen LogP contribution in [-0.2, 0) is 4.74 Å². The predicted octanol–water partition coefficient (Wildman–Crippen LogP) is 16.3. The van der Waals surface area contributed by atoms with Crippen molar-refractivity contribution in [3.05, 3.63) is 10.1 Å². The fourth-order valence-corrected chi connectivity index (χ4v) is 0. The van der Waals surface area contributed by atoms with Gasteiger partial charge in [-0.15, -0.1) is 11.6 Å². The molecule has 0 aliphatic rings. The molecule has 0 bridgehead atoms. The molecule has 0 amide bonds. The summed E-state index contributed by atoms with van der Waals surface area (Å²) in [6.45, 7) is 51.8. The highest BCUT2D eigenvalue weighted by Crippen LogP contribution is 2.36. The van der Waals surface area contributed by atoms with Crippen molar-refractivity contribution in [1.82, 2.24) is 0 Å². The Hall–Kier alpha value is -0.660. The number of methoxy groups -OCH3 is 1. The topological polar surface area (TPSA) is 76.2 Å². The van der Waals surface area contributed by atoms with Crippen LogP contribution in [0.5, 0.6) is 0 Å². The summed E-state index contributed by atoms with van der Waals surface area (Å²) in [5.41, 5.74) is -2.95. The summed E-state index contributed by atoms with van der Waals surface area (Å²) in [5, 5.41) is 18.0. The zero-order valence-corrected chi connectivity index (χ0v) is 41.3. The van der Waals surface area contributed by atoms with Gasteiger partial charge < -0.3 is 4.74 Å². The lowest BCUT2D eigenvalue weighted by Gasteiger charge is -2.21. The third-order valence-electron chi connectivity index (χ3n) is 2.35. The Labute approximate surface area is 330 Å². The first kappa shape index (κ1) is 71.7. The molecule has 0 aliphatic heterocycles. The molecule has 0 aliphatic carbocycles. The molecule has 0 N–H and O–H groups in total. The van der Waals surface area contributed by atoms with Crippen LogP contribution in [0.2, 0.25) is 0 Å². The molecule has 11 heteroatoms. The summed E-state index contributed by atoms with van der Waals surface area (Å²) in [7, 11) is 1.71. The van der Waals surface area contributed by atoms with E-state index < -0.39 is 22.8 Å². The monoisotopic (exact) mass is 835 g/mol. The van der Waals surface area contributed by atoms with Gasteiger partial charge in [0, 0.05) is 47.4 Å². The quantitative estimate of drug-likeness (QED) is 0.105. The van der Waals surface area contributed by atoms with Crippen LogP contribution in [0.25, 0.3) is 0 Å². The van der Waals surface area contributed by atoms with E-state index in [4.69, 9.17) is 21.6 Å². The van der Waals surface area contributed by atoms with E-state index in [0.29, 0.717) is 9.74 Å². The van der Waals surface area contributed by atoms with Crippen LogP contribution in [0, 0.1) is 43.6 Å². The minimum absolute atomic E-state index is 0.0278. The highest BCUT2D eigenvalue weighted by Gasteiger charge is 2.42. The van der Waals surface area contributed by atoms with Gasteiger partial charge in [-0.3, -0.25) is 10.1 Å². The Morgan fingerprint density at radius 3 is 0.745 bits per heavy atom.